The number of halogens is 2. The maximum Gasteiger partial charge on any atom is 0.261 e. The highest BCUT2D eigenvalue weighted by Crippen LogP contribution is 2.18. The molecule has 0 saturated heterocycles. The van der Waals surface area contributed by atoms with Gasteiger partial charge in [-0.05, 0) is 12.1 Å². The van der Waals surface area contributed by atoms with Crippen molar-refractivity contribution in [3.05, 3.63) is 36.1 Å². The van der Waals surface area contributed by atoms with E-state index in [1.165, 1.54) is 0 Å². The SMILES string of the molecule is FC(F)COCCNCc1cc2ccccc2o1. The predicted molar refractivity (Wildman–Crippen MR) is 64.7 cm³/mol. The molecule has 18 heavy (non-hydrogen) atoms. The van der Waals surface area contributed by atoms with E-state index in [0.717, 1.165) is 16.7 Å². The first-order chi connectivity index (χ1) is 8.75. The summed E-state index contributed by atoms with van der Waals surface area (Å²) in [4.78, 5) is 0. The summed E-state index contributed by atoms with van der Waals surface area (Å²) < 4.78 is 33.9. The highest BCUT2D eigenvalue weighted by atomic mass is 19.3. The van der Waals surface area contributed by atoms with Crippen LogP contribution in [-0.4, -0.2) is 26.2 Å². The second-order valence-electron chi connectivity index (χ2n) is 3.89. The number of hydrogen-bond acceptors (Lipinski definition) is 3. The Morgan fingerprint density at radius 3 is 2.89 bits per heavy atom. The zero-order chi connectivity index (χ0) is 12.8. The third-order valence-electron chi connectivity index (χ3n) is 2.44. The van der Waals surface area contributed by atoms with Crippen LogP contribution >= 0.6 is 0 Å². The van der Waals surface area contributed by atoms with Crippen LogP contribution in [-0.2, 0) is 11.3 Å². The highest BCUT2D eigenvalue weighted by Gasteiger charge is 2.03. The van der Waals surface area contributed by atoms with Crippen LogP contribution in [0.1, 0.15) is 5.76 Å². The van der Waals surface area contributed by atoms with Gasteiger partial charge in [0.25, 0.3) is 6.43 Å². The first kappa shape index (κ1) is 13.0. The first-order valence-corrected chi connectivity index (χ1v) is 5.80. The van der Waals surface area contributed by atoms with Crippen molar-refractivity contribution in [3.63, 3.8) is 0 Å². The summed E-state index contributed by atoms with van der Waals surface area (Å²) >= 11 is 0. The molecule has 0 fully saturated rings. The Hall–Kier alpha value is -1.46. The number of ether oxygens (including phenoxy) is 1. The summed E-state index contributed by atoms with van der Waals surface area (Å²) in [5.74, 6) is 0.824. The third kappa shape index (κ3) is 3.78. The van der Waals surface area contributed by atoms with Gasteiger partial charge in [0.05, 0.1) is 13.2 Å². The van der Waals surface area contributed by atoms with Crippen molar-refractivity contribution in [1.29, 1.82) is 0 Å². The van der Waals surface area contributed by atoms with E-state index in [1.807, 2.05) is 30.3 Å². The van der Waals surface area contributed by atoms with Gasteiger partial charge >= 0.3 is 0 Å². The van der Waals surface area contributed by atoms with E-state index in [0.29, 0.717) is 13.1 Å². The van der Waals surface area contributed by atoms with E-state index >= 15 is 0 Å². The van der Waals surface area contributed by atoms with E-state index < -0.39 is 13.0 Å². The molecule has 5 heteroatoms. The van der Waals surface area contributed by atoms with Gasteiger partial charge in [0.2, 0.25) is 0 Å². The number of para-hydroxylation sites is 1. The number of alkyl halides is 2. The molecule has 0 atom stereocenters. The Morgan fingerprint density at radius 1 is 1.28 bits per heavy atom. The summed E-state index contributed by atoms with van der Waals surface area (Å²) in [5.41, 5.74) is 0.850. The van der Waals surface area contributed by atoms with Crippen LogP contribution in [0.2, 0.25) is 0 Å². The monoisotopic (exact) mass is 255 g/mol. The van der Waals surface area contributed by atoms with E-state index in [1.54, 1.807) is 0 Å². The Bertz CT molecular complexity index is 452. The van der Waals surface area contributed by atoms with Gasteiger partial charge in [0.1, 0.15) is 18.0 Å². The van der Waals surface area contributed by atoms with Crippen molar-refractivity contribution >= 4 is 11.0 Å². The summed E-state index contributed by atoms with van der Waals surface area (Å²) in [6.45, 7) is 0.841. The largest absolute Gasteiger partial charge is 0.460 e. The molecule has 0 amide bonds. The lowest BCUT2D eigenvalue weighted by molar-refractivity contribution is 0.0186. The number of hydrogen-bond donors (Lipinski definition) is 1. The summed E-state index contributed by atoms with van der Waals surface area (Å²) in [6.07, 6.45) is -2.40. The van der Waals surface area contributed by atoms with Gasteiger partial charge in [-0.25, -0.2) is 8.78 Å². The maximum atomic E-state index is 11.8. The van der Waals surface area contributed by atoms with Crippen LogP contribution in [0.5, 0.6) is 0 Å². The molecule has 0 unspecified atom stereocenters. The summed E-state index contributed by atoms with van der Waals surface area (Å²) in [7, 11) is 0. The zero-order valence-corrected chi connectivity index (χ0v) is 9.86. The first-order valence-electron chi connectivity index (χ1n) is 5.80. The molecule has 0 aliphatic heterocycles. The Balaban J connectivity index is 1.70. The van der Waals surface area contributed by atoms with Crippen molar-refractivity contribution < 1.29 is 17.9 Å². The van der Waals surface area contributed by atoms with Gasteiger partial charge in [-0.1, -0.05) is 18.2 Å². The average molecular weight is 255 g/mol. The molecule has 2 aromatic rings. The fourth-order valence-corrected chi connectivity index (χ4v) is 1.65. The molecular weight excluding hydrogens is 240 g/mol. The average Bonchev–Trinajstić information content (AvgIpc) is 2.75. The van der Waals surface area contributed by atoms with Gasteiger partial charge in [-0.2, -0.15) is 0 Å². The molecule has 0 saturated carbocycles. The Morgan fingerprint density at radius 2 is 2.11 bits per heavy atom. The number of rotatable bonds is 7. The summed E-state index contributed by atoms with van der Waals surface area (Å²) in [5, 5.41) is 4.13. The molecular formula is C13H15F2NO2. The second kappa shape index (κ2) is 6.47. The maximum absolute atomic E-state index is 11.8. The molecule has 1 aromatic carbocycles. The van der Waals surface area contributed by atoms with Crippen molar-refractivity contribution in [2.24, 2.45) is 0 Å². The van der Waals surface area contributed by atoms with Crippen molar-refractivity contribution in [2.75, 3.05) is 19.8 Å². The zero-order valence-electron chi connectivity index (χ0n) is 9.86. The molecule has 0 aliphatic carbocycles. The van der Waals surface area contributed by atoms with E-state index in [4.69, 9.17) is 9.15 Å². The fraction of sp³-hybridized carbons (Fsp3) is 0.385. The number of nitrogens with one attached hydrogen (secondary N) is 1. The van der Waals surface area contributed by atoms with E-state index in [9.17, 15) is 8.78 Å². The van der Waals surface area contributed by atoms with Gasteiger partial charge in [0, 0.05) is 11.9 Å². The van der Waals surface area contributed by atoms with Crippen molar-refractivity contribution in [1.82, 2.24) is 5.32 Å². The lowest BCUT2D eigenvalue weighted by Gasteiger charge is -2.04. The van der Waals surface area contributed by atoms with Crippen molar-refractivity contribution in [3.8, 4) is 0 Å². The van der Waals surface area contributed by atoms with Crippen molar-refractivity contribution in [2.45, 2.75) is 13.0 Å². The normalized spacial score (nSPS) is 11.5. The van der Waals surface area contributed by atoms with Crippen LogP contribution in [0, 0.1) is 0 Å². The Labute approximate surface area is 104 Å². The molecule has 0 radical (unpaired) electrons. The Kier molecular flexibility index (Phi) is 4.66. The number of furan rings is 1. The molecule has 3 nitrogen and oxygen atoms in total. The highest BCUT2D eigenvalue weighted by molar-refractivity contribution is 5.77. The summed E-state index contributed by atoms with van der Waals surface area (Å²) in [6, 6.07) is 9.72. The topological polar surface area (TPSA) is 34.4 Å². The molecule has 0 spiro atoms. The minimum atomic E-state index is -2.40. The molecule has 1 heterocycles. The van der Waals surface area contributed by atoms with Crippen LogP contribution in [0.25, 0.3) is 11.0 Å². The standard InChI is InChI=1S/C13H15F2NO2/c14-13(15)9-17-6-5-16-8-11-7-10-3-1-2-4-12(10)18-11/h1-4,7,13,16H,5-6,8-9H2. The predicted octanol–water partition coefficient (Wildman–Crippen LogP) is 2.80. The molecule has 1 aromatic heterocycles. The number of benzene rings is 1. The van der Waals surface area contributed by atoms with Crippen LogP contribution in [0.3, 0.4) is 0 Å². The minimum absolute atomic E-state index is 0.268. The second-order valence-corrected chi connectivity index (χ2v) is 3.89. The third-order valence-corrected chi connectivity index (χ3v) is 2.44. The van der Waals surface area contributed by atoms with Crippen LogP contribution in [0.15, 0.2) is 34.7 Å². The van der Waals surface area contributed by atoms with E-state index in [2.05, 4.69) is 5.32 Å². The molecule has 0 bridgehead atoms. The number of fused-ring (bicyclic) bond motifs is 1. The van der Waals surface area contributed by atoms with Gasteiger partial charge < -0.3 is 14.5 Å². The van der Waals surface area contributed by atoms with Crippen LogP contribution in [0.4, 0.5) is 8.78 Å². The quantitative estimate of drug-likeness (QED) is 0.772. The molecule has 1 N–H and O–H groups in total. The smallest absolute Gasteiger partial charge is 0.261 e. The van der Waals surface area contributed by atoms with E-state index in [-0.39, 0.29) is 6.61 Å². The molecule has 98 valence electrons. The van der Waals surface area contributed by atoms with Gasteiger partial charge in [-0.3, -0.25) is 0 Å². The lowest BCUT2D eigenvalue weighted by Crippen LogP contribution is -2.20. The van der Waals surface area contributed by atoms with Crippen LogP contribution < -0.4 is 5.32 Å². The fourth-order valence-electron chi connectivity index (χ4n) is 1.65. The minimum Gasteiger partial charge on any atom is -0.460 e. The molecule has 2 rings (SSSR count). The van der Waals surface area contributed by atoms with Gasteiger partial charge in [-0.15, -0.1) is 0 Å². The molecule has 0 aliphatic rings. The lowest BCUT2D eigenvalue weighted by atomic mass is 10.2. The van der Waals surface area contributed by atoms with Gasteiger partial charge in [0.15, 0.2) is 0 Å².